The van der Waals surface area contributed by atoms with E-state index in [1.165, 1.54) is 10.6 Å². The highest BCUT2D eigenvalue weighted by Gasteiger charge is 2.17. The Kier molecular flexibility index (Phi) is 8.32. The minimum atomic E-state index is -3.38. The molecule has 0 spiro atoms. The first-order chi connectivity index (χ1) is 13.4. The number of rotatable bonds is 11. The molecule has 0 fully saturated rings. The van der Waals surface area contributed by atoms with Gasteiger partial charge in [-0.2, -0.15) is 0 Å². The fourth-order valence-corrected chi connectivity index (χ4v) is 3.93. The van der Waals surface area contributed by atoms with Crippen molar-refractivity contribution in [2.24, 2.45) is 0 Å². The van der Waals surface area contributed by atoms with Crippen LogP contribution in [-0.4, -0.2) is 40.8 Å². The van der Waals surface area contributed by atoms with Crippen molar-refractivity contribution in [1.29, 1.82) is 0 Å². The van der Waals surface area contributed by atoms with Crippen LogP contribution in [-0.2, 0) is 21.2 Å². The molecular weight excluding hydrogens is 376 g/mol. The number of hydrogen-bond acceptors (Lipinski definition) is 4. The summed E-state index contributed by atoms with van der Waals surface area (Å²) in [6, 6.07) is 16.8. The first-order valence-corrected chi connectivity index (χ1v) is 11.2. The van der Waals surface area contributed by atoms with E-state index in [1.807, 2.05) is 30.3 Å². The van der Waals surface area contributed by atoms with Crippen molar-refractivity contribution < 1.29 is 17.9 Å². The van der Waals surface area contributed by atoms with Gasteiger partial charge < -0.3 is 10.1 Å². The molecule has 152 valence electrons. The fraction of sp³-hybridized carbons (Fsp3) is 0.381. The number of benzene rings is 2. The molecule has 0 unspecified atom stereocenters. The van der Waals surface area contributed by atoms with Crippen molar-refractivity contribution in [3.63, 3.8) is 0 Å². The molecule has 2 aromatic rings. The zero-order valence-electron chi connectivity index (χ0n) is 16.4. The van der Waals surface area contributed by atoms with Crippen molar-refractivity contribution >= 4 is 21.6 Å². The number of nitrogens with one attached hydrogen (secondary N) is 1. The summed E-state index contributed by atoms with van der Waals surface area (Å²) in [6.45, 7) is 0.850. The SMILES string of the molecule is COc1ccccc1CCCNC(=O)CCCN(c1ccccc1)S(C)(=O)=O. The molecule has 0 aliphatic carbocycles. The van der Waals surface area contributed by atoms with Crippen LogP contribution >= 0.6 is 0 Å². The van der Waals surface area contributed by atoms with Crippen LogP contribution in [0, 0.1) is 0 Å². The van der Waals surface area contributed by atoms with Crippen LogP contribution in [0.15, 0.2) is 54.6 Å². The highest BCUT2D eigenvalue weighted by molar-refractivity contribution is 7.92. The summed E-state index contributed by atoms with van der Waals surface area (Å²) >= 11 is 0. The summed E-state index contributed by atoms with van der Waals surface area (Å²) in [4.78, 5) is 12.0. The van der Waals surface area contributed by atoms with Crippen LogP contribution in [0.5, 0.6) is 5.75 Å². The first-order valence-electron chi connectivity index (χ1n) is 9.33. The highest BCUT2D eigenvalue weighted by Crippen LogP contribution is 2.19. The Bertz CT molecular complexity index is 854. The van der Waals surface area contributed by atoms with E-state index in [0.29, 0.717) is 18.7 Å². The van der Waals surface area contributed by atoms with Crippen molar-refractivity contribution in [3.8, 4) is 5.75 Å². The average molecular weight is 405 g/mol. The number of carbonyl (C=O) groups excluding carboxylic acids is 1. The minimum Gasteiger partial charge on any atom is -0.496 e. The number of para-hydroxylation sites is 2. The number of carbonyl (C=O) groups is 1. The van der Waals surface area contributed by atoms with Gasteiger partial charge in [-0.25, -0.2) is 8.42 Å². The molecule has 0 radical (unpaired) electrons. The predicted molar refractivity (Wildman–Crippen MR) is 112 cm³/mol. The van der Waals surface area contributed by atoms with Gasteiger partial charge in [-0.3, -0.25) is 9.10 Å². The molecule has 1 N–H and O–H groups in total. The normalized spacial score (nSPS) is 11.1. The lowest BCUT2D eigenvalue weighted by Gasteiger charge is -2.22. The van der Waals surface area contributed by atoms with Gasteiger partial charge in [0.15, 0.2) is 0 Å². The maximum atomic E-state index is 12.0. The zero-order chi connectivity index (χ0) is 20.4. The van der Waals surface area contributed by atoms with E-state index < -0.39 is 10.0 Å². The lowest BCUT2D eigenvalue weighted by molar-refractivity contribution is -0.121. The Morgan fingerprint density at radius 3 is 2.39 bits per heavy atom. The van der Waals surface area contributed by atoms with Crippen molar-refractivity contribution in [3.05, 3.63) is 60.2 Å². The second kappa shape index (κ2) is 10.7. The average Bonchev–Trinajstić information content (AvgIpc) is 2.68. The van der Waals surface area contributed by atoms with E-state index in [2.05, 4.69) is 5.32 Å². The van der Waals surface area contributed by atoms with Crippen molar-refractivity contribution in [1.82, 2.24) is 5.32 Å². The monoisotopic (exact) mass is 404 g/mol. The molecule has 7 heteroatoms. The highest BCUT2D eigenvalue weighted by atomic mass is 32.2. The number of hydrogen-bond donors (Lipinski definition) is 1. The van der Waals surface area contributed by atoms with Crippen LogP contribution < -0.4 is 14.4 Å². The number of sulfonamides is 1. The summed E-state index contributed by atoms with van der Waals surface area (Å²) in [5, 5.41) is 2.89. The quantitative estimate of drug-likeness (QED) is 0.584. The van der Waals surface area contributed by atoms with Gasteiger partial charge in [0.05, 0.1) is 19.1 Å². The standard InChI is InChI=1S/C21H28N2O4S/c1-27-20-14-7-6-10-18(20)11-8-16-22-21(24)15-9-17-23(28(2,25)26)19-12-4-3-5-13-19/h3-7,10,12-14H,8-9,11,15-17H2,1-2H3,(H,22,24). The van der Waals surface area contributed by atoms with Gasteiger partial charge in [0.2, 0.25) is 15.9 Å². The molecule has 0 saturated carbocycles. The molecule has 0 bridgehead atoms. The number of anilines is 1. The lowest BCUT2D eigenvalue weighted by Crippen LogP contribution is -2.32. The zero-order valence-corrected chi connectivity index (χ0v) is 17.2. The summed E-state index contributed by atoms with van der Waals surface area (Å²) in [6.07, 6.45) is 3.55. The van der Waals surface area contributed by atoms with Crippen LogP contribution in [0.25, 0.3) is 0 Å². The molecule has 0 saturated heterocycles. The van der Waals surface area contributed by atoms with Crippen LogP contribution in [0.4, 0.5) is 5.69 Å². The summed E-state index contributed by atoms with van der Waals surface area (Å²) < 4.78 is 30.7. The summed E-state index contributed by atoms with van der Waals surface area (Å²) in [5.41, 5.74) is 1.73. The topological polar surface area (TPSA) is 75.7 Å². The number of methoxy groups -OCH3 is 1. The maximum Gasteiger partial charge on any atom is 0.232 e. The molecular formula is C21H28N2O4S. The molecule has 0 aliphatic heterocycles. The third-order valence-electron chi connectivity index (χ3n) is 4.35. The second-order valence-electron chi connectivity index (χ2n) is 6.54. The van der Waals surface area contributed by atoms with E-state index >= 15 is 0 Å². The number of aryl methyl sites for hydroxylation is 1. The van der Waals surface area contributed by atoms with Gasteiger partial charge in [-0.05, 0) is 43.0 Å². The van der Waals surface area contributed by atoms with E-state index in [0.717, 1.165) is 24.2 Å². The fourth-order valence-electron chi connectivity index (χ4n) is 2.97. The van der Waals surface area contributed by atoms with Gasteiger partial charge >= 0.3 is 0 Å². The smallest absolute Gasteiger partial charge is 0.232 e. The molecule has 0 aliphatic rings. The Balaban J connectivity index is 1.73. The van der Waals surface area contributed by atoms with E-state index in [4.69, 9.17) is 4.74 Å². The second-order valence-corrected chi connectivity index (χ2v) is 8.45. The number of nitrogens with zero attached hydrogens (tertiary/aromatic N) is 1. The van der Waals surface area contributed by atoms with Gasteiger partial charge in [-0.1, -0.05) is 36.4 Å². The van der Waals surface area contributed by atoms with Crippen molar-refractivity contribution in [2.75, 3.05) is 30.8 Å². The minimum absolute atomic E-state index is 0.0680. The van der Waals surface area contributed by atoms with Crippen molar-refractivity contribution in [2.45, 2.75) is 25.7 Å². The molecule has 1 amide bonds. The predicted octanol–water partition coefficient (Wildman–Crippen LogP) is 2.99. The van der Waals surface area contributed by atoms with Gasteiger partial charge in [-0.15, -0.1) is 0 Å². The molecule has 2 rings (SSSR count). The van der Waals surface area contributed by atoms with Gasteiger partial charge in [0.1, 0.15) is 5.75 Å². The molecule has 0 atom stereocenters. The number of ether oxygens (including phenoxy) is 1. The molecule has 2 aromatic carbocycles. The largest absolute Gasteiger partial charge is 0.496 e. The molecule has 28 heavy (non-hydrogen) atoms. The third-order valence-corrected chi connectivity index (χ3v) is 5.54. The lowest BCUT2D eigenvalue weighted by atomic mass is 10.1. The van der Waals surface area contributed by atoms with Gasteiger partial charge in [0.25, 0.3) is 0 Å². The van der Waals surface area contributed by atoms with Crippen LogP contribution in [0.2, 0.25) is 0 Å². The van der Waals surface area contributed by atoms with Crippen LogP contribution in [0.3, 0.4) is 0 Å². The van der Waals surface area contributed by atoms with E-state index in [-0.39, 0.29) is 18.9 Å². The molecule has 6 nitrogen and oxygen atoms in total. The van der Waals surface area contributed by atoms with Crippen LogP contribution in [0.1, 0.15) is 24.8 Å². The maximum absolute atomic E-state index is 12.0. The molecule has 0 aromatic heterocycles. The Morgan fingerprint density at radius 1 is 1.04 bits per heavy atom. The van der Waals surface area contributed by atoms with E-state index in [9.17, 15) is 13.2 Å². The third kappa shape index (κ3) is 6.88. The number of amides is 1. The summed E-state index contributed by atoms with van der Waals surface area (Å²) in [5.74, 6) is 0.789. The Morgan fingerprint density at radius 2 is 1.71 bits per heavy atom. The first kappa shape index (κ1) is 21.8. The molecule has 0 heterocycles. The van der Waals surface area contributed by atoms with E-state index in [1.54, 1.807) is 31.4 Å². The Labute approximate surface area is 167 Å². The summed E-state index contributed by atoms with van der Waals surface area (Å²) in [7, 11) is -1.74. The van der Waals surface area contributed by atoms with Gasteiger partial charge in [0, 0.05) is 19.5 Å². The Hall–Kier alpha value is -2.54.